The summed E-state index contributed by atoms with van der Waals surface area (Å²) in [7, 11) is 0. The van der Waals surface area contributed by atoms with Crippen LogP contribution in [0.3, 0.4) is 0 Å². The highest BCUT2D eigenvalue weighted by molar-refractivity contribution is 5.14. The molecule has 2 unspecified atom stereocenters. The molecule has 1 fully saturated rings. The van der Waals surface area contributed by atoms with Gasteiger partial charge < -0.3 is 9.84 Å². The van der Waals surface area contributed by atoms with Crippen LogP contribution >= 0.6 is 0 Å². The number of rotatable bonds is 6. The molecule has 1 aromatic rings. The van der Waals surface area contributed by atoms with Crippen molar-refractivity contribution in [2.45, 2.75) is 38.4 Å². The Labute approximate surface area is 116 Å². The smallest absolute Gasteiger partial charge is 0.0961 e. The van der Waals surface area contributed by atoms with Crippen molar-refractivity contribution < 1.29 is 9.84 Å². The van der Waals surface area contributed by atoms with E-state index in [4.69, 9.17) is 4.74 Å². The Morgan fingerprint density at radius 1 is 1.37 bits per heavy atom. The normalized spacial score (nSPS) is 22.3. The Morgan fingerprint density at radius 2 is 2.16 bits per heavy atom. The summed E-state index contributed by atoms with van der Waals surface area (Å²) in [6.07, 6.45) is 2.46. The second-order valence-electron chi connectivity index (χ2n) is 5.30. The van der Waals surface area contributed by atoms with E-state index in [1.54, 1.807) is 0 Å². The molecule has 1 aliphatic heterocycles. The zero-order valence-electron chi connectivity index (χ0n) is 11.8. The fourth-order valence-corrected chi connectivity index (χ4v) is 2.63. The van der Waals surface area contributed by atoms with Gasteiger partial charge in [0.2, 0.25) is 0 Å². The van der Waals surface area contributed by atoms with Crippen LogP contribution in [0, 0.1) is 0 Å². The van der Waals surface area contributed by atoms with Crippen molar-refractivity contribution in [2.75, 3.05) is 26.2 Å². The molecule has 2 rings (SSSR count). The maximum Gasteiger partial charge on any atom is 0.0961 e. The lowest BCUT2D eigenvalue weighted by Gasteiger charge is -2.35. The van der Waals surface area contributed by atoms with Crippen LogP contribution in [0.4, 0.5) is 0 Å². The summed E-state index contributed by atoms with van der Waals surface area (Å²) in [5, 5.41) is 10.3. The molecule has 3 nitrogen and oxygen atoms in total. The van der Waals surface area contributed by atoms with E-state index in [0.29, 0.717) is 0 Å². The Morgan fingerprint density at radius 3 is 2.89 bits per heavy atom. The van der Waals surface area contributed by atoms with Gasteiger partial charge in [0.1, 0.15) is 0 Å². The number of benzene rings is 1. The number of aliphatic hydroxyl groups excluding tert-OH is 1. The quantitative estimate of drug-likeness (QED) is 0.853. The maximum atomic E-state index is 10.3. The van der Waals surface area contributed by atoms with Gasteiger partial charge in [0.25, 0.3) is 0 Å². The van der Waals surface area contributed by atoms with E-state index >= 15 is 0 Å². The van der Waals surface area contributed by atoms with Crippen LogP contribution in [0.15, 0.2) is 30.3 Å². The number of ether oxygens (including phenoxy) is 1. The van der Waals surface area contributed by atoms with Gasteiger partial charge in [-0.1, -0.05) is 37.3 Å². The van der Waals surface area contributed by atoms with Crippen LogP contribution in [0.5, 0.6) is 0 Å². The number of hydrogen-bond donors (Lipinski definition) is 1. The van der Waals surface area contributed by atoms with Gasteiger partial charge in [-0.25, -0.2) is 0 Å². The van der Waals surface area contributed by atoms with Crippen molar-refractivity contribution in [3.05, 3.63) is 35.9 Å². The number of aliphatic hydroxyl groups is 1. The molecule has 1 heterocycles. The Balaban J connectivity index is 1.77. The molecule has 0 spiro atoms. The van der Waals surface area contributed by atoms with Crippen LogP contribution < -0.4 is 0 Å². The molecule has 1 N–H and O–H groups in total. The Bertz CT molecular complexity index is 353. The number of hydrogen-bond acceptors (Lipinski definition) is 3. The second-order valence-corrected chi connectivity index (χ2v) is 5.30. The molecule has 19 heavy (non-hydrogen) atoms. The van der Waals surface area contributed by atoms with Crippen molar-refractivity contribution in [1.29, 1.82) is 0 Å². The van der Waals surface area contributed by atoms with Crippen LogP contribution in [0.2, 0.25) is 0 Å². The summed E-state index contributed by atoms with van der Waals surface area (Å²) in [6, 6.07) is 10.3. The van der Waals surface area contributed by atoms with Gasteiger partial charge in [-0.05, 0) is 31.4 Å². The number of morpholine rings is 1. The highest BCUT2D eigenvalue weighted by Crippen LogP contribution is 2.14. The molecule has 106 valence electrons. The molecular formula is C16H25NO2. The predicted octanol–water partition coefficient (Wildman–Crippen LogP) is 2.09. The second kappa shape index (κ2) is 7.63. The lowest BCUT2D eigenvalue weighted by atomic mass is 10.0. The highest BCUT2D eigenvalue weighted by Gasteiger charge is 2.26. The fraction of sp³-hybridized carbons (Fsp3) is 0.625. The zero-order valence-corrected chi connectivity index (χ0v) is 11.8. The third-order valence-corrected chi connectivity index (χ3v) is 3.72. The van der Waals surface area contributed by atoms with Gasteiger partial charge in [0.05, 0.1) is 18.8 Å². The average Bonchev–Trinajstić information content (AvgIpc) is 2.46. The number of nitrogens with zero attached hydrogens (tertiary/aromatic N) is 1. The van der Waals surface area contributed by atoms with Crippen molar-refractivity contribution in [3.8, 4) is 0 Å². The first kappa shape index (κ1) is 14.5. The van der Waals surface area contributed by atoms with Gasteiger partial charge in [-0.2, -0.15) is 0 Å². The van der Waals surface area contributed by atoms with Crippen molar-refractivity contribution >= 4 is 0 Å². The summed E-state index contributed by atoms with van der Waals surface area (Å²) >= 11 is 0. The number of aryl methyl sites for hydroxylation is 1. The van der Waals surface area contributed by atoms with E-state index in [1.807, 2.05) is 18.2 Å². The lowest BCUT2D eigenvalue weighted by molar-refractivity contribution is -0.0900. The van der Waals surface area contributed by atoms with E-state index in [2.05, 4.69) is 24.0 Å². The SMILES string of the molecule is CCCN1CCOC(C(O)CCc2ccccc2)C1. The van der Waals surface area contributed by atoms with E-state index in [1.165, 1.54) is 5.56 Å². The topological polar surface area (TPSA) is 32.7 Å². The molecule has 1 aromatic carbocycles. The lowest BCUT2D eigenvalue weighted by Crippen LogP contribution is -2.47. The van der Waals surface area contributed by atoms with Gasteiger partial charge in [0, 0.05) is 13.1 Å². The predicted molar refractivity (Wildman–Crippen MR) is 77.2 cm³/mol. The Hall–Kier alpha value is -0.900. The molecule has 2 atom stereocenters. The van der Waals surface area contributed by atoms with E-state index in [-0.39, 0.29) is 12.2 Å². The average molecular weight is 263 g/mol. The van der Waals surface area contributed by atoms with Gasteiger partial charge in [-0.3, -0.25) is 4.90 Å². The Kier molecular flexibility index (Phi) is 5.83. The molecular weight excluding hydrogens is 238 g/mol. The molecule has 1 aliphatic rings. The monoisotopic (exact) mass is 263 g/mol. The van der Waals surface area contributed by atoms with Crippen molar-refractivity contribution in [1.82, 2.24) is 4.90 Å². The molecule has 3 heteroatoms. The first-order valence-electron chi connectivity index (χ1n) is 7.35. The summed E-state index contributed by atoms with van der Waals surface area (Å²) in [4.78, 5) is 2.39. The summed E-state index contributed by atoms with van der Waals surface area (Å²) < 4.78 is 5.71. The first-order chi connectivity index (χ1) is 9.29. The molecule has 0 amide bonds. The standard InChI is InChI=1S/C16H25NO2/c1-2-10-17-11-12-19-16(13-17)15(18)9-8-14-6-4-3-5-7-14/h3-7,15-16,18H,2,8-13H2,1H3. The first-order valence-corrected chi connectivity index (χ1v) is 7.35. The summed E-state index contributed by atoms with van der Waals surface area (Å²) in [5.74, 6) is 0. The molecule has 0 aliphatic carbocycles. The van der Waals surface area contributed by atoms with Crippen LogP contribution in [-0.4, -0.2) is 48.5 Å². The van der Waals surface area contributed by atoms with Crippen LogP contribution in [0.25, 0.3) is 0 Å². The zero-order chi connectivity index (χ0) is 13.5. The minimum atomic E-state index is -0.361. The van der Waals surface area contributed by atoms with Gasteiger partial charge in [0.15, 0.2) is 0 Å². The van der Waals surface area contributed by atoms with Crippen LogP contribution in [-0.2, 0) is 11.2 Å². The third kappa shape index (κ3) is 4.60. The molecule has 0 aromatic heterocycles. The van der Waals surface area contributed by atoms with E-state index in [0.717, 1.165) is 45.5 Å². The summed E-state index contributed by atoms with van der Waals surface area (Å²) in [5.41, 5.74) is 1.28. The van der Waals surface area contributed by atoms with Crippen LogP contribution in [0.1, 0.15) is 25.3 Å². The maximum absolute atomic E-state index is 10.3. The summed E-state index contributed by atoms with van der Waals surface area (Å²) in [6.45, 7) is 5.90. The largest absolute Gasteiger partial charge is 0.390 e. The van der Waals surface area contributed by atoms with Gasteiger partial charge in [-0.15, -0.1) is 0 Å². The highest BCUT2D eigenvalue weighted by atomic mass is 16.5. The van der Waals surface area contributed by atoms with Crippen molar-refractivity contribution in [3.63, 3.8) is 0 Å². The third-order valence-electron chi connectivity index (χ3n) is 3.72. The van der Waals surface area contributed by atoms with Crippen molar-refractivity contribution in [2.24, 2.45) is 0 Å². The molecule has 0 saturated carbocycles. The van der Waals surface area contributed by atoms with E-state index < -0.39 is 0 Å². The minimum absolute atomic E-state index is 0.0241. The minimum Gasteiger partial charge on any atom is -0.390 e. The molecule has 0 radical (unpaired) electrons. The molecule has 1 saturated heterocycles. The fourth-order valence-electron chi connectivity index (χ4n) is 2.63. The molecule has 0 bridgehead atoms. The van der Waals surface area contributed by atoms with E-state index in [9.17, 15) is 5.11 Å². The van der Waals surface area contributed by atoms with Gasteiger partial charge >= 0.3 is 0 Å².